The van der Waals surface area contributed by atoms with Crippen molar-refractivity contribution in [2.45, 2.75) is 12.3 Å². The summed E-state index contributed by atoms with van der Waals surface area (Å²) in [5.74, 6) is 0. The van der Waals surface area contributed by atoms with Crippen LogP contribution < -0.4 is 4.90 Å². The van der Waals surface area contributed by atoms with E-state index < -0.39 is 5.41 Å². The summed E-state index contributed by atoms with van der Waals surface area (Å²) >= 11 is 0. The summed E-state index contributed by atoms with van der Waals surface area (Å²) in [4.78, 5) is 2.27. The van der Waals surface area contributed by atoms with Crippen molar-refractivity contribution in [3.8, 4) is 22.3 Å². The van der Waals surface area contributed by atoms with Crippen LogP contribution in [0.5, 0.6) is 0 Å². The van der Waals surface area contributed by atoms with Crippen LogP contribution >= 0.6 is 0 Å². The van der Waals surface area contributed by atoms with E-state index in [2.05, 4.69) is 171 Å². The molecule has 1 atom stereocenters. The molecule has 0 aliphatic heterocycles. The van der Waals surface area contributed by atoms with Gasteiger partial charge in [-0.15, -0.1) is 0 Å². The van der Waals surface area contributed by atoms with Crippen molar-refractivity contribution >= 4 is 33.3 Å². The normalized spacial score (nSPS) is 15.7. The molecule has 0 fully saturated rings. The van der Waals surface area contributed by atoms with E-state index in [1.165, 1.54) is 39.0 Å². The smallest absolute Gasteiger partial charge is 0.143 e. The number of para-hydroxylation sites is 1. The summed E-state index contributed by atoms with van der Waals surface area (Å²) in [5, 5.41) is 2.27. The summed E-state index contributed by atoms with van der Waals surface area (Å²) in [5.41, 5.74) is 13.3. The van der Waals surface area contributed by atoms with Crippen LogP contribution in [0.2, 0.25) is 0 Å². The third-order valence-corrected chi connectivity index (χ3v) is 9.77. The average molecular weight is 606 g/mol. The van der Waals surface area contributed by atoms with Crippen LogP contribution in [0, 0.1) is 0 Å². The van der Waals surface area contributed by atoms with E-state index in [0.717, 1.165) is 38.9 Å². The second-order valence-electron chi connectivity index (χ2n) is 12.3. The van der Waals surface area contributed by atoms with Gasteiger partial charge in [0.05, 0.1) is 5.41 Å². The predicted molar refractivity (Wildman–Crippen MR) is 199 cm³/mol. The van der Waals surface area contributed by atoms with Crippen LogP contribution in [0.4, 0.5) is 11.4 Å². The van der Waals surface area contributed by atoms with E-state index in [0.29, 0.717) is 0 Å². The molecule has 7 aromatic rings. The van der Waals surface area contributed by atoms with Gasteiger partial charge < -0.3 is 9.32 Å². The van der Waals surface area contributed by atoms with Gasteiger partial charge in [-0.2, -0.15) is 0 Å². The molecule has 8 rings (SSSR count). The minimum absolute atomic E-state index is 0.501. The van der Waals surface area contributed by atoms with Crippen molar-refractivity contribution in [2.75, 3.05) is 11.9 Å². The van der Waals surface area contributed by atoms with Crippen molar-refractivity contribution < 1.29 is 4.42 Å². The number of benzene rings is 6. The fourth-order valence-corrected chi connectivity index (χ4v) is 7.50. The van der Waals surface area contributed by atoms with Gasteiger partial charge in [0, 0.05) is 34.8 Å². The highest BCUT2D eigenvalue weighted by atomic mass is 16.3. The first-order valence-electron chi connectivity index (χ1n) is 16.1. The molecular formula is C45H35NO. The van der Waals surface area contributed by atoms with Crippen molar-refractivity contribution in [1.82, 2.24) is 0 Å². The Kier molecular flexibility index (Phi) is 7.00. The SMILES string of the molecule is C=C/C=C\C=C(/C)C1(c2ccccc2)c2ccc(N(C)c3ccc(-c4ccccc4)cc3)cc2-c2c1ccc1c2oc2ccccc21. The third-order valence-electron chi connectivity index (χ3n) is 9.77. The molecular weight excluding hydrogens is 571 g/mol. The van der Waals surface area contributed by atoms with E-state index in [-0.39, 0.29) is 0 Å². The molecule has 0 bridgehead atoms. The number of hydrogen-bond acceptors (Lipinski definition) is 2. The number of nitrogens with zero attached hydrogens (tertiary/aromatic N) is 1. The number of rotatable bonds is 7. The summed E-state index contributed by atoms with van der Waals surface area (Å²) < 4.78 is 6.74. The zero-order valence-corrected chi connectivity index (χ0v) is 26.7. The van der Waals surface area contributed by atoms with Crippen LogP contribution in [0.1, 0.15) is 23.6 Å². The topological polar surface area (TPSA) is 16.4 Å². The van der Waals surface area contributed by atoms with Crippen molar-refractivity contribution in [3.05, 3.63) is 193 Å². The fourth-order valence-electron chi connectivity index (χ4n) is 7.50. The maximum atomic E-state index is 6.74. The Morgan fingerprint density at radius 2 is 1.32 bits per heavy atom. The van der Waals surface area contributed by atoms with Gasteiger partial charge in [0.1, 0.15) is 11.2 Å². The van der Waals surface area contributed by atoms with Gasteiger partial charge in [-0.3, -0.25) is 0 Å². The molecule has 0 N–H and O–H groups in total. The monoisotopic (exact) mass is 605 g/mol. The molecule has 0 saturated heterocycles. The van der Waals surface area contributed by atoms with Crippen LogP contribution in [0.25, 0.3) is 44.2 Å². The molecule has 2 heteroatoms. The summed E-state index contributed by atoms with van der Waals surface area (Å²) in [6, 6.07) is 50.1. The van der Waals surface area contributed by atoms with Crippen molar-refractivity contribution in [3.63, 3.8) is 0 Å². The molecule has 0 spiro atoms. The highest BCUT2D eigenvalue weighted by Crippen LogP contribution is 2.59. The molecule has 1 unspecified atom stereocenters. The standard InChI is InChI=1S/C45H35NO/c1-4-5-8-15-31(2)45(34-18-11-7-12-19-34)40-28-26-36(46(3)35-24-22-33(23-25-35)32-16-9-6-10-17-32)30-39(40)43-41(45)29-27-38-37-20-13-14-21-42(37)47-44(38)43/h4-30H,1H2,2-3H3/b8-5-,31-15+. The Labute approximate surface area is 276 Å². The molecule has 1 aliphatic rings. The third kappa shape index (κ3) is 4.48. The second kappa shape index (κ2) is 11.5. The Hall–Kier alpha value is -5.86. The molecule has 1 aliphatic carbocycles. The van der Waals surface area contributed by atoms with Gasteiger partial charge in [-0.1, -0.05) is 146 Å². The van der Waals surface area contributed by atoms with Crippen LogP contribution in [0.15, 0.2) is 180 Å². The first-order valence-corrected chi connectivity index (χ1v) is 16.1. The zero-order chi connectivity index (χ0) is 32.0. The van der Waals surface area contributed by atoms with Crippen molar-refractivity contribution in [1.29, 1.82) is 0 Å². The molecule has 0 amide bonds. The molecule has 1 heterocycles. The molecule has 1 aromatic heterocycles. The first kappa shape index (κ1) is 28.6. The molecule has 47 heavy (non-hydrogen) atoms. The molecule has 0 saturated carbocycles. The number of anilines is 2. The van der Waals surface area contributed by atoms with E-state index in [9.17, 15) is 0 Å². The first-order chi connectivity index (χ1) is 23.1. The zero-order valence-electron chi connectivity index (χ0n) is 26.7. The van der Waals surface area contributed by atoms with Gasteiger partial charge in [0.2, 0.25) is 0 Å². The highest BCUT2D eigenvalue weighted by Gasteiger charge is 2.47. The number of fused-ring (bicyclic) bond motifs is 7. The van der Waals surface area contributed by atoms with Crippen molar-refractivity contribution in [2.24, 2.45) is 0 Å². The van der Waals surface area contributed by atoms with Gasteiger partial charge >= 0.3 is 0 Å². The van der Waals surface area contributed by atoms with Gasteiger partial charge in [0.25, 0.3) is 0 Å². The summed E-state index contributed by atoms with van der Waals surface area (Å²) in [6.45, 7) is 6.14. The lowest BCUT2D eigenvalue weighted by molar-refractivity contribution is 0.668. The lowest BCUT2D eigenvalue weighted by Crippen LogP contribution is -2.28. The van der Waals surface area contributed by atoms with Crippen LogP contribution in [-0.4, -0.2) is 7.05 Å². The highest BCUT2D eigenvalue weighted by molar-refractivity contribution is 6.12. The van der Waals surface area contributed by atoms with E-state index in [1.54, 1.807) is 0 Å². The lowest BCUT2D eigenvalue weighted by Gasteiger charge is -2.34. The van der Waals surface area contributed by atoms with Gasteiger partial charge in [-0.25, -0.2) is 0 Å². The van der Waals surface area contributed by atoms with E-state index in [1.807, 2.05) is 18.2 Å². The Morgan fingerprint density at radius 3 is 2.09 bits per heavy atom. The molecule has 6 aromatic carbocycles. The Morgan fingerprint density at radius 1 is 0.660 bits per heavy atom. The van der Waals surface area contributed by atoms with Gasteiger partial charge in [-0.05, 0) is 70.6 Å². The van der Waals surface area contributed by atoms with E-state index in [4.69, 9.17) is 4.42 Å². The number of furan rings is 1. The van der Waals surface area contributed by atoms with Crippen LogP contribution in [0.3, 0.4) is 0 Å². The summed E-state index contributed by atoms with van der Waals surface area (Å²) in [7, 11) is 2.15. The Balaban J connectivity index is 1.37. The lowest BCUT2D eigenvalue weighted by atomic mass is 9.67. The minimum Gasteiger partial charge on any atom is -0.455 e. The molecule has 0 radical (unpaired) electrons. The fraction of sp³-hybridized carbons (Fsp3) is 0.0667. The Bertz CT molecular complexity index is 2320. The quantitative estimate of drug-likeness (QED) is 0.168. The van der Waals surface area contributed by atoms with Gasteiger partial charge in [0.15, 0.2) is 0 Å². The number of hydrogen-bond donors (Lipinski definition) is 0. The maximum Gasteiger partial charge on any atom is 0.143 e. The number of allylic oxidation sites excluding steroid dienone is 5. The largest absolute Gasteiger partial charge is 0.455 e. The molecule has 2 nitrogen and oxygen atoms in total. The average Bonchev–Trinajstić information content (AvgIpc) is 3.66. The van der Waals surface area contributed by atoms with E-state index >= 15 is 0 Å². The molecule has 226 valence electrons. The maximum absolute atomic E-state index is 6.74. The second-order valence-corrected chi connectivity index (χ2v) is 12.3. The summed E-state index contributed by atoms with van der Waals surface area (Å²) in [6.07, 6.45) is 8.13. The predicted octanol–water partition coefficient (Wildman–Crippen LogP) is 12.0. The van der Waals surface area contributed by atoms with Crippen LogP contribution in [-0.2, 0) is 5.41 Å². The minimum atomic E-state index is -0.501.